The van der Waals surface area contributed by atoms with Gasteiger partial charge in [0.2, 0.25) is 5.91 Å². The molecule has 0 saturated heterocycles. The minimum Gasteiger partial charge on any atom is -0.497 e. The summed E-state index contributed by atoms with van der Waals surface area (Å²) in [5.74, 6) is 0.114. The third-order valence-electron chi connectivity index (χ3n) is 4.64. The number of carbonyl (C=O) groups is 1. The quantitative estimate of drug-likeness (QED) is 0.374. The van der Waals surface area contributed by atoms with Gasteiger partial charge in [-0.15, -0.1) is 0 Å². The number of nitro groups is 1. The molecule has 0 heterocycles. The summed E-state index contributed by atoms with van der Waals surface area (Å²) in [5, 5.41) is 14.1. The van der Waals surface area contributed by atoms with Crippen molar-refractivity contribution in [3.63, 3.8) is 0 Å². The van der Waals surface area contributed by atoms with Crippen LogP contribution in [0.1, 0.15) is 0 Å². The van der Waals surface area contributed by atoms with Crippen molar-refractivity contribution in [2.45, 2.75) is 4.90 Å². The molecular weight excluding hydrogens is 450 g/mol. The Morgan fingerprint density at radius 1 is 1.00 bits per heavy atom. The zero-order chi connectivity index (χ0) is 24.0. The molecule has 1 N–H and O–H groups in total. The number of anilines is 2. The Labute approximate surface area is 190 Å². The van der Waals surface area contributed by atoms with Gasteiger partial charge in [-0.1, -0.05) is 30.3 Å². The minimum absolute atomic E-state index is 0.170. The number of nitrogens with zero attached hydrogens (tertiary/aromatic N) is 2. The van der Waals surface area contributed by atoms with Gasteiger partial charge in [0.15, 0.2) is 4.90 Å². The molecule has 0 atom stereocenters. The Bertz CT molecular complexity index is 1260. The fraction of sp³-hybridized carbons (Fsp3) is 0.136. The normalized spacial score (nSPS) is 10.8. The number of para-hydroxylation sites is 2. The molecular formula is C22H21N3O7S. The number of hydrogen-bond donors (Lipinski definition) is 1. The van der Waals surface area contributed by atoms with Gasteiger partial charge in [0, 0.05) is 12.1 Å². The number of ether oxygens (including phenoxy) is 2. The van der Waals surface area contributed by atoms with Crippen molar-refractivity contribution in [2.75, 3.05) is 30.4 Å². The molecule has 3 rings (SSSR count). The first kappa shape index (κ1) is 23.5. The summed E-state index contributed by atoms with van der Waals surface area (Å²) in [4.78, 5) is 23.0. The lowest BCUT2D eigenvalue weighted by Crippen LogP contribution is -2.38. The molecule has 172 valence electrons. The van der Waals surface area contributed by atoms with E-state index in [0.29, 0.717) is 11.5 Å². The predicted octanol–water partition coefficient (Wildman–Crippen LogP) is 3.45. The molecule has 0 aromatic heterocycles. The number of benzene rings is 3. The first-order chi connectivity index (χ1) is 15.8. The van der Waals surface area contributed by atoms with E-state index in [1.165, 1.54) is 44.6 Å². The summed E-state index contributed by atoms with van der Waals surface area (Å²) in [5.41, 5.74) is -0.144. The summed E-state index contributed by atoms with van der Waals surface area (Å²) in [7, 11) is -1.59. The number of nitro benzene ring substituents is 1. The van der Waals surface area contributed by atoms with E-state index in [-0.39, 0.29) is 11.4 Å². The number of nitrogens with one attached hydrogen (secondary N) is 1. The van der Waals surface area contributed by atoms with Gasteiger partial charge in [0.25, 0.3) is 15.7 Å². The second kappa shape index (κ2) is 10.0. The molecule has 0 aliphatic rings. The lowest BCUT2D eigenvalue weighted by atomic mass is 10.2. The van der Waals surface area contributed by atoms with Gasteiger partial charge < -0.3 is 14.8 Å². The van der Waals surface area contributed by atoms with Crippen LogP contribution in [-0.2, 0) is 14.8 Å². The van der Waals surface area contributed by atoms with Crippen molar-refractivity contribution in [1.82, 2.24) is 0 Å². The highest BCUT2D eigenvalue weighted by Crippen LogP contribution is 2.31. The van der Waals surface area contributed by atoms with E-state index in [9.17, 15) is 23.3 Å². The number of amides is 1. The molecule has 3 aromatic carbocycles. The van der Waals surface area contributed by atoms with Crippen LogP contribution in [0.2, 0.25) is 0 Å². The maximum absolute atomic E-state index is 13.5. The summed E-state index contributed by atoms with van der Waals surface area (Å²) in [6.07, 6.45) is 0. The molecule has 1 amide bonds. The van der Waals surface area contributed by atoms with Crippen molar-refractivity contribution in [3.05, 3.63) is 82.9 Å². The van der Waals surface area contributed by atoms with Crippen molar-refractivity contribution in [2.24, 2.45) is 0 Å². The van der Waals surface area contributed by atoms with E-state index in [0.717, 1.165) is 16.4 Å². The molecule has 0 unspecified atom stereocenters. The van der Waals surface area contributed by atoms with Gasteiger partial charge >= 0.3 is 0 Å². The maximum atomic E-state index is 13.5. The van der Waals surface area contributed by atoms with E-state index < -0.39 is 38.0 Å². The highest BCUT2D eigenvalue weighted by molar-refractivity contribution is 7.93. The maximum Gasteiger partial charge on any atom is 0.289 e. The Morgan fingerprint density at radius 3 is 2.30 bits per heavy atom. The fourth-order valence-electron chi connectivity index (χ4n) is 3.09. The van der Waals surface area contributed by atoms with Crippen LogP contribution in [0.4, 0.5) is 17.1 Å². The van der Waals surface area contributed by atoms with Gasteiger partial charge in [-0.05, 0) is 30.3 Å². The first-order valence-corrected chi connectivity index (χ1v) is 11.0. The fourth-order valence-corrected chi connectivity index (χ4v) is 4.67. The largest absolute Gasteiger partial charge is 0.497 e. The van der Waals surface area contributed by atoms with Crippen molar-refractivity contribution < 1.29 is 27.6 Å². The molecule has 0 aliphatic carbocycles. The monoisotopic (exact) mass is 471 g/mol. The summed E-state index contributed by atoms with van der Waals surface area (Å²) in [6.45, 7) is -0.640. The van der Waals surface area contributed by atoms with Crippen LogP contribution in [-0.4, -0.2) is 40.0 Å². The van der Waals surface area contributed by atoms with Crippen LogP contribution in [0.25, 0.3) is 0 Å². The van der Waals surface area contributed by atoms with Gasteiger partial charge in [-0.3, -0.25) is 19.2 Å². The molecule has 0 radical (unpaired) electrons. The third-order valence-corrected chi connectivity index (χ3v) is 6.46. The molecule has 33 heavy (non-hydrogen) atoms. The number of carbonyl (C=O) groups excluding carboxylic acids is 1. The van der Waals surface area contributed by atoms with Gasteiger partial charge in [0.1, 0.15) is 18.0 Å². The average Bonchev–Trinajstić information content (AvgIpc) is 2.82. The Balaban J connectivity index is 2.00. The standard InChI is InChI=1S/C22H21N3O7S/c1-31-17-12-13-20(32-2)18(14-17)23-22(26)15-24(16-8-4-3-5-9-16)33(29,30)21-11-7-6-10-19(21)25(27)28/h3-14H,15H2,1-2H3,(H,23,26). The van der Waals surface area contributed by atoms with Crippen molar-refractivity contribution in [3.8, 4) is 11.5 Å². The Morgan fingerprint density at radius 2 is 1.67 bits per heavy atom. The van der Waals surface area contributed by atoms with E-state index in [1.807, 2.05) is 0 Å². The summed E-state index contributed by atoms with van der Waals surface area (Å²) in [6, 6.07) is 17.6. The molecule has 11 heteroatoms. The summed E-state index contributed by atoms with van der Waals surface area (Å²) >= 11 is 0. The first-order valence-electron chi connectivity index (χ1n) is 9.61. The topological polar surface area (TPSA) is 128 Å². The van der Waals surface area contributed by atoms with Crippen LogP contribution in [0.5, 0.6) is 11.5 Å². The van der Waals surface area contributed by atoms with Crippen LogP contribution in [0.3, 0.4) is 0 Å². The molecule has 3 aromatic rings. The zero-order valence-electron chi connectivity index (χ0n) is 17.8. The Hall–Kier alpha value is -4.12. The van der Waals surface area contributed by atoms with Gasteiger partial charge in [-0.2, -0.15) is 0 Å². The van der Waals surface area contributed by atoms with Crippen LogP contribution in [0.15, 0.2) is 77.7 Å². The molecule has 0 fully saturated rings. The number of sulfonamides is 1. The van der Waals surface area contributed by atoms with Crippen molar-refractivity contribution in [1.29, 1.82) is 0 Å². The highest BCUT2D eigenvalue weighted by atomic mass is 32.2. The van der Waals surface area contributed by atoms with E-state index >= 15 is 0 Å². The smallest absolute Gasteiger partial charge is 0.289 e. The third kappa shape index (κ3) is 5.21. The number of hydrogen-bond acceptors (Lipinski definition) is 7. The molecule has 10 nitrogen and oxygen atoms in total. The van der Waals surface area contributed by atoms with E-state index in [4.69, 9.17) is 9.47 Å². The Kier molecular flexibility index (Phi) is 7.13. The second-order valence-electron chi connectivity index (χ2n) is 6.69. The lowest BCUT2D eigenvalue weighted by molar-refractivity contribution is -0.387. The van der Waals surface area contributed by atoms with Crippen LogP contribution in [0, 0.1) is 10.1 Å². The molecule has 0 bridgehead atoms. The van der Waals surface area contributed by atoms with E-state index in [1.54, 1.807) is 30.3 Å². The van der Waals surface area contributed by atoms with E-state index in [2.05, 4.69) is 5.32 Å². The SMILES string of the molecule is COc1ccc(OC)c(NC(=O)CN(c2ccccc2)S(=O)(=O)c2ccccc2[N+](=O)[O-])c1. The zero-order valence-corrected chi connectivity index (χ0v) is 18.6. The molecule has 0 spiro atoms. The van der Waals surface area contributed by atoms with Gasteiger partial charge in [-0.25, -0.2) is 8.42 Å². The second-order valence-corrected chi connectivity index (χ2v) is 8.52. The van der Waals surface area contributed by atoms with Crippen LogP contribution < -0.4 is 19.1 Å². The minimum atomic E-state index is -4.47. The van der Waals surface area contributed by atoms with Crippen molar-refractivity contribution >= 4 is 33.0 Å². The molecule has 0 saturated carbocycles. The van der Waals surface area contributed by atoms with Crippen LogP contribution >= 0.6 is 0 Å². The highest BCUT2D eigenvalue weighted by Gasteiger charge is 2.33. The lowest BCUT2D eigenvalue weighted by Gasteiger charge is -2.24. The number of rotatable bonds is 9. The summed E-state index contributed by atoms with van der Waals surface area (Å²) < 4.78 is 38.1. The average molecular weight is 471 g/mol. The number of methoxy groups -OCH3 is 2. The predicted molar refractivity (Wildman–Crippen MR) is 122 cm³/mol. The molecule has 0 aliphatic heterocycles. The van der Waals surface area contributed by atoms with Gasteiger partial charge in [0.05, 0.1) is 30.5 Å².